The van der Waals surface area contributed by atoms with Crippen LogP contribution < -0.4 is 5.32 Å². The molecule has 0 spiro atoms. The highest BCUT2D eigenvalue weighted by Gasteiger charge is 2.15. The van der Waals surface area contributed by atoms with E-state index in [1.54, 1.807) is 27.7 Å². The van der Waals surface area contributed by atoms with Gasteiger partial charge in [-0.2, -0.15) is 0 Å². The predicted octanol–water partition coefficient (Wildman–Crippen LogP) is 10.6. The average Bonchev–Trinajstić information content (AvgIpc) is 3.27. The number of esters is 1. The molecule has 1 aliphatic rings. The zero-order chi connectivity index (χ0) is 45.0. The third-order valence-corrected chi connectivity index (χ3v) is 13.2. The zero-order valence-corrected chi connectivity index (χ0v) is 41.0. The number of nitrogens with zero attached hydrogens (tertiary/aromatic N) is 3. The van der Waals surface area contributed by atoms with Crippen molar-refractivity contribution >= 4 is 46.0 Å². The number of hydrogen-bond acceptors (Lipinski definition) is 12. The molecule has 62 heavy (non-hydrogen) atoms. The summed E-state index contributed by atoms with van der Waals surface area (Å²) < 4.78 is 22.1. The van der Waals surface area contributed by atoms with Crippen LogP contribution in [0.1, 0.15) is 155 Å². The maximum Gasteiger partial charge on any atom is 0.409 e. The molecule has 1 N–H and O–H groups in total. The summed E-state index contributed by atoms with van der Waals surface area (Å²) in [6.45, 7) is 13.6. The second kappa shape index (κ2) is 44.0. The van der Waals surface area contributed by atoms with E-state index >= 15 is 0 Å². The number of rotatable bonds is 42. The molecule has 2 amide bonds. The Labute approximate surface area is 385 Å². The molecule has 1 fully saturated rings. The number of likely N-dealkylation sites (N-methyl/N-ethyl adjacent to an activating group) is 1. The molecule has 0 saturated carbocycles. The van der Waals surface area contributed by atoms with Crippen LogP contribution in [0.3, 0.4) is 0 Å². The summed E-state index contributed by atoms with van der Waals surface area (Å²) in [6.07, 6.45) is 29.6. The predicted molar refractivity (Wildman–Crippen MR) is 259 cm³/mol. The van der Waals surface area contributed by atoms with Gasteiger partial charge in [0.1, 0.15) is 19.5 Å². The van der Waals surface area contributed by atoms with Crippen LogP contribution in [0.4, 0.5) is 9.59 Å². The average molecular weight is 913 g/mol. The van der Waals surface area contributed by atoms with Crippen molar-refractivity contribution < 1.29 is 38.1 Å². The first-order valence-electron chi connectivity index (χ1n) is 24.4. The fourth-order valence-corrected chi connectivity index (χ4v) is 8.53. The van der Waals surface area contributed by atoms with Crippen molar-refractivity contribution in [2.75, 3.05) is 104 Å². The molecule has 1 heterocycles. The van der Waals surface area contributed by atoms with Gasteiger partial charge >= 0.3 is 18.2 Å². The van der Waals surface area contributed by atoms with Crippen LogP contribution >= 0.6 is 21.6 Å². The lowest BCUT2D eigenvalue weighted by Crippen LogP contribution is -2.47. The van der Waals surface area contributed by atoms with E-state index in [2.05, 4.69) is 36.0 Å². The molecule has 0 atom stereocenters. The zero-order valence-electron chi connectivity index (χ0n) is 39.4. The first-order chi connectivity index (χ1) is 30.4. The van der Waals surface area contributed by atoms with Crippen LogP contribution in [0.25, 0.3) is 0 Å². The van der Waals surface area contributed by atoms with E-state index in [9.17, 15) is 19.2 Å². The molecule has 1 rings (SSSR count). The summed E-state index contributed by atoms with van der Waals surface area (Å²) >= 11 is 0. The lowest BCUT2D eigenvalue weighted by atomic mass is 10.1. The van der Waals surface area contributed by atoms with Gasteiger partial charge in [-0.15, -0.1) is 0 Å². The van der Waals surface area contributed by atoms with E-state index in [4.69, 9.17) is 18.9 Å². The molecule has 0 bridgehead atoms. The minimum atomic E-state index is -0.375. The Kier molecular flexibility index (Phi) is 41.0. The lowest BCUT2D eigenvalue weighted by molar-refractivity contribution is -0.137. The Morgan fingerprint density at radius 1 is 0.645 bits per heavy atom. The van der Waals surface area contributed by atoms with Crippen molar-refractivity contribution in [2.24, 2.45) is 0 Å². The van der Waals surface area contributed by atoms with Crippen molar-refractivity contribution in [3.8, 4) is 0 Å². The summed E-state index contributed by atoms with van der Waals surface area (Å²) in [4.78, 5) is 55.0. The van der Waals surface area contributed by atoms with Gasteiger partial charge in [-0.1, -0.05) is 137 Å². The largest absolute Gasteiger partial charge is 0.463 e. The minimum Gasteiger partial charge on any atom is -0.463 e. The maximum atomic E-state index is 13.1. The van der Waals surface area contributed by atoms with E-state index in [0.29, 0.717) is 64.2 Å². The topological polar surface area (TPSA) is 127 Å². The standard InChI is InChI=1S/C48H88N4O8S2/c1-4-6-8-10-16-22-28-46(54)58-38-26-20-14-12-18-24-31-52(30-23-17-11-13-19-25-37-57-44-45(43-53)27-21-15-9-7-5-2)48(56)60-40-42-62-61-41-39-59-47(55)49-29-32-51-35-33-50(3)34-36-51/h22,27-28,43H,4-21,23-26,29-42,44H2,1-3H3,(H,49,55)/b28-22-,45-27-. The molecule has 0 aromatic rings. The number of nitrogens with one attached hydrogen (secondary N) is 1. The van der Waals surface area contributed by atoms with Crippen LogP contribution in [0.2, 0.25) is 0 Å². The number of allylic oxidation sites excluding steroid dienone is 2. The number of amides is 2. The number of unbranched alkanes of at least 4 members (excludes halogenated alkanes) is 18. The van der Waals surface area contributed by atoms with Crippen LogP contribution in [0, 0.1) is 0 Å². The summed E-state index contributed by atoms with van der Waals surface area (Å²) in [6, 6.07) is 0. The molecule has 360 valence electrons. The minimum absolute atomic E-state index is 0.241. The highest BCUT2D eigenvalue weighted by molar-refractivity contribution is 8.76. The maximum absolute atomic E-state index is 13.1. The lowest BCUT2D eigenvalue weighted by Gasteiger charge is -2.32. The molecule has 1 saturated heterocycles. The van der Waals surface area contributed by atoms with Crippen LogP contribution in [-0.2, 0) is 28.5 Å². The molecule has 14 heteroatoms. The van der Waals surface area contributed by atoms with Crippen molar-refractivity contribution in [3.63, 3.8) is 0 Å². The molecule has 0 aromatic heterocycles. The quantitative estimate of drug-likeness (QED) is 0.0156. The number of carbonyl (C=O) groups excluding carboxylic acids is 4. The smallest absolute Gasteiger partial charge is 0.409 e. The van der Waals surface area contributed by atoms with Crippen molar-refractivity contribution in [3.05, 3.63) is 23.8 Å². The van der Waals surface area contributed by atoms with E-state index in [1.165, 1.54) is 38.5 Å². The number of alkyl carbamates (subject to hydrolysis) is 1. The van der Waals surface area contributed by atoms with E-state index in [0.717, 1.165) is 147 Å². The number of carbonyl (C=O) groups is 4. The van der Waals surface area contributed by atoms with Gasteiger partial charge in [0.05, 0.1) is 13.2 Å². The Morgan fingerprint density at radius 2 is 1.21 bits per heavy atom. The molecule has 1 aliphatic heterocycles. The summed E-state index contributed by atoms with van der Waals surface area (Å²) in [5.74, 6) is 1.10. The third-order valence-electron chi connectivity index (χ3n) is 10.8. The van der Waals surface area contributed by atoms with Gasteiger partial charge < -0.3 is 34.1 Å². The van der Waals surface area contributed by atoms with Gasteiger partial charge in [-0.3, -0.25) is 9.69 Å². The second-order valence-corrected chi connectivity index (χ2v) is 19.1. The molecule has 0 unspecified atom stereocenters. The van der Waals surface area contributed by atoms with Gasteiger partial charge in [0, 0.05) is 82.1 Å². The van der Waals surface area contributed by atoms with Crippen molar-refractivity contribution in [1.29, 1.82) is 0 Å². The highest BCUT2D eigenvalue weighted by Crippen LogP contribution is 2.20. The Bertz CT molecular complexity index is 1160. The first-order valence-corrected chi connectivity index (χ1v) is 26.9. The summed E-state index contributed by atoms with van der Waals surface area (Å²) in [5.41, 5.74) is 0.754. The van der Waals surface area contributed by atoms with E-state index in [1.807, 2.05) is 17.1 Å². The van der Waals surface area contributed by atoms with Crippen molar-refractivity contribution in [1.82, 2.24) is 20.0 Å². The molecule has 0 radical (unpaired) electrons. The number of ether oxygens (including phenoxy) is 4. The van der Waals surface area contributed by atoms with E-state index < -0.39 is 0 Å². The van der Waals surface area contributed by atoms with Crippen LogP contribution in [-0.4, -0.2) is 143 Å². The van der Waals surface area contributed by atoms with Gasteiger partial charge in [0.2, 0.25) is 0 Å². The summed E-state index contributed by atoms with van der Waals surface area (Å²) in [5, 5.41) is 2.84. The molecular formula is C48H88N4O8S2. The number of aldehydes is 1. The van der Waals surface area contributed by atoms with Gasteiger partial charge in [0.15, 0.2) is 0 Å². The van der Waals surface area contributed by atoms with Crippen LogP contribution in [0.15, 0.2) is 23.8 Å². The third kappa shape index (κ3) is 37.1. The Hall–Kier alpha value is -2.26. The fraction of sp³-hybridized carbons (Fsp3) is 0.833. The number of piperazine rings is 1. The van der Waals surface area contributed by atoms with Gasteiger partial charge in [-0.25, -0.2) is 14.4 Å². The van der Waals surface area contributed by atoms with Crippen molar-refractivity contribution in [2.45, 2.75) is 155 Å². The molecule has 0 aromatic carbocycles. The fourth-order valence-electron chi connectivity index (χ4n) is 6.88. The summed E-state index contributed by atoms with van der Waals surface area (Å²) in [7, 11) is 5.36. The molecular weight excluding hydrogens is 825 g/mol. The second-order valence-electron chi connectivity index (χ2n) is 16.4. The first kappa shape index (κ1) is 57.8. The monoisotopic (exact) mass is 913 g/mol. The highest BCUT2D eigenvalue weighted by atomic mass is 33.1. The molecule has 12 nitrogen and oxygen atoms in total. The molecule has 0 aliphatic carbocycles. The van der Waals surface area contributed by atoms with Gasteiger partial charge in [0.25, 0.3) is 0 Å². The Balaban J connectivity index is 2.27. The SMILES string of the molecule is CCCCCC/C=C\C(=O)OCCCCCCCCN(CCCCCCCCOC/C(C=O)=C\CCCCCC)C(=O)OCCSSCCOC(=O)NCCN1CCN(C)CC1. The number of hydrogen-bond donors (Lipinski definition) is 1. The normalized spacial score (nSPS) is 13.7. The van der Waals surface area contributed by atoms with Crippen LogP contribution in [0.5, 0.6) is 0 Å². The van der Waals surface area contributed by atoms with Gasteiger partial charge in [-0.05, 0) is 58.4 Å². The van der Waals surface area contributed by atoms with E-state index in [-0.39, 0.29) is 18.2 Å². The Morgan fingerprint density at radius 3 is 1.84 bits per heavy atom.